The molecule has 0 saturated carbocycles. The van der Waals surface area contributed by atoms with Gasteiger partial charge in [-0.3, -0.25) is 0 Å². The Balaban J connectivity index is 2.17. The summed E-state index contributed by atoms with van der Waals surface area (Å²) in [5.74, 6) is -0.689. The molecule has 0 spiro atoms. The third kappa shape index (κ3) is 3.80. The molecule has 5 heteroatoms. The fourth-order valence-corrected chi connectivity index (χ4v) is 3.43. The molecular weight excluding hydrogens is 289 g/mol. The Bertz CT molecular complexity index is 636. The third-order valence-corrected chi connectivity index (χ3v) is 4.58. The van der Waals surface area contributed by atoms with Crippen LogP contribution in [0.1, 0.15) is 41.9 Å². The molecule has 0 aliphatic heterocycles. The molecule has 0 fully saturated rings. The first-order chi connectivity index (χ1) is 10.0. The predicted molar refractivity (Wildman–Crippen MR) is 84.5 cm³/mol. The molecule has 0 atom stereocenters. The Labute approximate surface area is 127 Å². The van der Waals surface area contributed by atoms with Gasteiger partial charge in [0.15, 0.2) is 0 Å². The Morgan fingerprint density at radius 1 is 1.43 bits per heavy atom. The monoisotopic (exact) mass is 309 g/mol. The van der Waals surface area contributed by atoms with E-state index in [2.05, 4.69) is 19.2 Å². The van der Waals surface area contributed by atoms with Crippen LogP contribution in [0, 0.1) is 11.7 Å². The number of hydrogen-bond donors (Lipinski definition) is 2. The molecular formula is C16H20FNO2S. The van der Waals surface area contributed by atoms with Crippen LogP contribution in [0.4, 0.5) is 4.39 Å². The summed E-state index contributed by atoms with van der Waals surface area (Å²) in [5, 5.41) is 13.0. The topological polar surface area (TPSA) is 49.3 Å². The molecule has 21 heavy (non-hydrogen) atoms. The Kier molecular flexibility index (Phi) is 5.31. The number of carboxylic acids is 1. The van der Waals surface area contributed by atoms with Gasteiger partial charge in [-0.15, -0.1) is 11.3 Å². The molecule has 1 heterocycles. The van der Waals surface area contributed by atoms with Crippen LogP contribution >= 0.6 is 11.3 Å². The van der Waals surface area contributed by atoms with Crippen molar-refractivity contribution in [3.63, 3.8) is 0 Å². The van der Waals surface area contributed by atoms with Gasteiger partial charge >= 0.3 is 5.97 Å². The second kappa shape index (κ2) is 7.00. The van der Waals surface area contributed by atoms with Gasteiger partial charge in [-0.2, -0.15) is 0 Å². The normalized spacial score (nSPS) is 11.4. The maximum Gasteiger partial charge on any atom is 0.346 e. The zero-order valence-corrected chi connectivity index (χ0v) is 13.1. The number of nitrogens with one attached hydrogen (secondary N) is 1. The smallest absolute Gasteiger partial charge is 0.346 e. The molecule has 2 N–H and O–H groups in total. The second-order valence-electron chi connectivity index (χ2n) is 5.54. The van der Waals surface area contributed by atoms with Crippen LogP contribution in [0.25, 0.3) is 10.1 Å². The Hall–Kier alpha value is -1.46. The van der Waals surface area contributed by atoms with E-state index in [4.69, 9.17) is 0 Å². The molecule has 114 valence electrons. The van der Waals surface area contributed by atoms with Crippen LogP contribution in [-0.2, 0) is 6.54 Å². The van der Waals surface area contributed by atoms with Gasteiger partial charge in [-0.05, 0) is 37.4 Å². The number of hydrogen-bond acceptors (Lipinski definition) is 3. The van der Waals surface area contributed by atoms with Gasteiger partial charge in [0.05, 0.1) is 0 Å². The molecule has 2 rings (SSSR count). The lowest BCUT2D eigenvalue weighted by molar-refractivity contribution is 0.0701. The van der Waals surface area contributed by atoms with Gasteiger partial charge in [0.2, 0.25) is 0 Å². The van der Waals surface area contributed by atoms with Crippen LogP contribution in [0.15, 0.2) is 18.2 Å². The summed E-state index contributed by atoms with van der Waals surface area (Å²) in [4.78, 5) is 11.6. The third-order valence-electron chi connectivity index (χ3n) is 3.39. The van der Waals surface area contributed by atoms with E-state index in [-0.39, 0.29) is 10.7 Å². The average molecular weight is 309 g/mol. The van der Waals surface area contributed by atoms with Crippen molar-refractivity contribution in [2.24, 2.45) is 5.92 Å². The van der Waals surface area contributed by atoms with E-state index in [1.165, 1.54) is 6.07 Å². The van der Waals surface area contributed by atoms with Crippen molar-refractivity contribution in [3.05, 3.63) is 34.5 Å². The van der Waals surface area contributed by atoms with Crippen LogP contribution in [0.5, 0.6) is 0 Å². The lowest BCUT2D eigenvalue weighted by Crippen LogP contribution is -2.16. The number of rotatable bonds is 7. The minimum Gasteiger partial charge on any atom is -0.477 e. The van der Waals surface area contributed by atoms with E-state index >= 15 is 0 Å². The maximum absolute atomic E-state index is 14.0. The Morgan fingerprint density at radius 3 is 2.86 bits per heavy atom. The molecule has 0 aliphatic carbocycles. The number of fused-ring (bicyclic) bond motifs is 1. The highest BCUT2D eigenvalue weighted by atomic mass is 32.1. The van der Waals surface area contributed by atoms with E-state index in [0.717, 1.165) is 30.7 Å². The van der Waals surface area contributed by atoms with E-state index in [1.54, 1.807) is 12.1 Å². The van der Waals surface area contributed by atoms with Gasteiger partial charge in [0.1, 0.15) is 10.7 Å². The number of aromatic carboxylic acids is 1. The molecule has 2 aromatic rings. The molecule has 0 saturated heterocycles. The summed E-state index contributed by atoms with van der Waals surface area (Å²) in [5.41, 5.74) is 0.560. The van der Waals surface area contributed by atoms with Crippen molar-refractivity contribution in [1.82, 2.24) is 5.32 Å². The second-order valence-corrected chi connectivity index (χ2v) is 6.59. The predicted octanol–water partition coefficient (Wildman–Crippen LogP) is 4.26. The van der Waals surface area contributed by atoms with E-state index in [9.17, 15) is 14.3 Å². The molecule has 0 unspecified atom stereocenters. The molecule has 1 aromatic heterocycles. The average Bonchev–Trinajstić information content (AvgIpc) is 2.78. The van der Waals surface area contributed by atoms with Gasteiger partial charge in [0.25, 0.3) is 0 Å². The summed E-state index contributed by atoms with van der Waals surface area (Å²) < 4.78 is 14.7. The molecule has 3 nitrogen and oxygen atoms in total. The maximum atomic E-state index is 14.0. The Morgan fingerprint density at radius 2 is 2.19 bits per heavy atom. The van der Waals surface area contributed by atoms with Crippen molar-refractivity contribution in [2.75, 3.05) is 6.54 Å². The van der Waals surface area contributed by atoms with Crippen molar-refractivity contribution in [3.8, 4) is 0 Å². The summed E-state index contributed by atoms with van der Waals surface area (Å²) in [6.45, 7) is 5.54. The van der Waals surface area contributed by atoms with E-state index < -0.39 is 5.97 Å². The van der Waals surface area contributed by atoms with Gasteiger partial charge in [-0.1, -0.05) is 19.9 Å². The summed E-state index contributed by atoms with van der Waals surface area (Å²) >= 11 is 1.14. The summed E-state index contributed by atoms with van der Waals surface area (Å²) in [6.07, 6.45) is 2.15. The number of benzene rings is 1. The first kappa shape index (κ1) is 15.9. The minimum absolute atomic E-state index is 0.228. The van der Waals surface area contributed by atoms with E-state index in [0.29, 0.717) is 28.1 Å². The van der Waals surface area contributed by atoms with Crippen molar-refractivity contribution in [1.29, 1.82) is 0 Å². The lowest BCUT2D eigenvalue weighted by atomic mass is 10.1. The zero-order chi connectivity index (χ0) is 15.4. The van der Waals surface area contributed by atoms with Gasteiger partial charge in [-0.25, -0.2) is 9.18 Å². The highest BCUT2D eigenvalue weighted by Gasteiger charge is 2.19. The molecule has 1 aromatic carbocycles. The molecule has 0 bridgehead atoms. The quantitative estimate of drug-likeness (QED) is 0.751. The SMILES string of the molecule is CC(C)CCCNCc1c(C(=O)O)sc2cccc(F)c12. The van der Waals surface area contributed by atoms with Crippen molar-refractivity contribution >= 4 is 27.4 Å². The number of carboxylic acid groups (broad SMARTS) is 1. The van der Waals surface area contributed by atoms with E-state index in [1.807, 2.05) is 0 Å². The fourth-order valence-electron chi connectivity index (χ4n) is 2.36. The first-order valence-corrected chi connectivity index (χ1v) is 7.96. The summed E-state index contributed by atoms with van der Waals surface area (Å²) in [7, 11) is 0. The minimum atomic E-state index is -0.991. The van der Waals surface area contributed by atoms with Crippen molar-refractivity contribution < 1.29 is 14.3 Å². The number of carbonyl (C=O) groups is 1. The van der Waals surface area contributed by atoms with Crippen LogP contribution in [0.2, 0.25) is 0 Å². The van der Waals surface area contributed by atoms with Crippen LogP contribution in [-0.4, -0.2) is 17.6 Å². The van der Waals surface area contributed by atoms with Crippen LogP contribution < -0.4 is 5.32 Å². The molecule has 0 radical (unpaired) electrons. The first-order valence-electron chi connectivity index (χ1n) is 7.14. The number of halogens is 1. The lowest BCUT2D eigenvalue weighted by Gasteiger charge is -2.07. The largest absolute Gasteiger partial charge is 0.477 e. The highest BCUT2D eigenvalue weighted by molar-refractivity contribution is 7.21. The highest BCUT2D eigenvalue weighted by Crippen LogP contribution is 2.33. The fraction of sp³-hybridized carbons (Fsp3) is 0.438. The van der Waals surface area contributed by atoms with Gasteiger partial charge < -0.3 is 10.4 Å². The summed E-state index contributed by atoms with van der Waals surface area (Å²) in [6, 6.07) is 4.75. The molecule has 0 aliphatic rings. The van der Waals surface area contributed by atoms with Crippen LogP contribution in [0.3, 0.4) is 0 Å². The number of thiophene rings is 1. The molecule has 0 amide bonds. The standard InChI is InChI=1S/C16H20FNO2S/c1-10(2)5-4-8-18-9-11-14-12(17)6-3-7-13(14)21-15(11)16(19)20/h3,6-7,10,18H,4-5,8-9H2,1-2H3,(H,19,20). The van der Waals surface area contributed by atoms with Gasteiger partial charge in [0, 0.05) is 22.2 Å². The zero-order valence-electron chi connectivity index (χ0n) is 12.3. The van der Waals surface area contributed by atoms with Crippen molar-refractivity contribution in [2.45, 2.75) is 33.2 Å².